The molecule has 1 aliphatic rings. The molecule has 0 bridgehead atoms. The molecule has 128 valence electrons. The minimum atomic E-state index is -0.0622. The summed E-state index contributed by atoms with van der Waals surface area (Å²) in [6.45, 7) is 1.18. The predicted molar refractivity (Wildman–Crippen MR) is 92.1 cm³/mol. The molecule has 1 aliphatic heterocycles. The van der Waals surface area contributed by atoms with E-state index in [9.17, 15) is 4.79 Å². The summed E-state index contributed by atoms with van der Waals surface area (Å²) in [5.74, 6) is 0.628. The smallest absolute Gasteiger partial charge is 0.318 e. The minimum absolute atomic E-state index is 0.0622. The normalized spacial score (nSPS) is 17.6. The molecule has 24 heavy (non-hydrogen) atoms. The van der Waals surface area contributed by atoms with E-state index in [2.05, 4.69) is 15.5 Å². The number of piperidine rings is 1. The number of aromatic amines is 1. The van der Waals surface area contributed by atoms with Gasteiger partial charge in [0.1, 0.15) is 5.75 Å². The number of methoxy groups -OCH3 is 1. The van der Waals surface area contributed by atoms with Crippen LogP contribution in [0, 0.1) is 0 Å². The summed E-state index contributed by atoms with van der Waals surface area (Å²) in [6, 6.07) is 5.53. The van der Waals surface area contributed by atoms with Crippen LogP contribution in [0.2, 0.25) is 5.02 Å². The van der Waals surface area contributed by atoms with Crippen molar-refractivity contribution in [2.45, 2.75) is 31.8 Å². The van der Waals surface area contributed by atoms with Crippen molar-refractivity contribution in [1.29, 1.82) is 0 Å². The van der Waals surface area contributed by atoms with Gasteiger partial charge < -0.3 is 15.0 Å². The maximum Gasteiger partial charge on any atom is 0.318 e. The summed E-state index contributed by atoms with van der Waals surface area (Å²) in [5, 5.41) is 10.3. The third kappa shape index (κ3) is 3.64. The van der Waals surface area contributed by atoms with Gasteiger partial charge in [0, 0.05) is 24.8 Å². The molecule has 2 amide bonds. The van der Waals surface area contributed by atoms with E-state index < -0.39 is 0 Å². The van der Waals surface area contributed by atoms with Crippen LogP contribution < -0.4 is 10.1 Å². The molecule has 1 aromatic heterocycles. The molecule has 2 N–H and O–H groups in total. The highest BCUT2D eigenvalue weighted by Gasteiger charge is 2.28. The number of urea groups is 1. The maximum atomic E-state index is 12.6. The number of halogens is 1. The molecular formula is C17H21ClN4O2. The first-order chi connectivity index (χ1) is 11.7. The lowest BCUT2D eigenvalue weighted by Crippen LogP contribution is -2.44. The number of amides is 2. The van der Waals surface area contributed by atoms with Crippen LogP contribution in [0.15, 0.2) is 30.6 Å². The van der Waals surface area contributed by atoms with E-state index in [-0.39, 0.29) is 12.1 Å². The van der Waals surface area contributed by atoms with Crippen molar-refractivity contribution in [3.8, 4) is 5.75 Å². The Balaban J connectivity index is 1.64. The van der Waals surface area contributed by atoms with E-state index in [1.165, 1.54) is 0 Å². The van der Waals surface area contributed by atoms with E-state index >= 15 is 0 Å². The highest BCUT2D eigenvalue weighted by Crippen LogP contribution is 2.30. The summed E-state index contributed by atoms with van der Waals surface area (Å²) in [5.41, 5.74) is 1.99. The van der Waals surface area contributed by atoms with Gasteiger partial charge in [-0.25, -0.2) is 4.79 Å². The lowest BCUT2D eigenvalue weighted by atomic mass is 9.98. The highest BCUT2D eigenvalue weighted by molar-refractivity contribution is 6.32. The average Bonchev–Trinajstić information content (AvgIpc) is 3.14. The zero-order chi connectivity index (χ0) is 16.9. The Bertz CT molecular complexity index is 690. The third-order valence-electron chi connectivity index (χ3n) is 4.33. The average molecular weight is 349 g/mol. The van der Waals surface area contributed by atoms with Crippen LogP contribution >= 0.6 is 11.6 Å². The molecular weight excluding hydrogens is 328 g/mol. The number of nitrogens with zero attached hydrogens (tertiary/aromatic N) is 2. The second kappa shape index (κ2) is 7.57. The minimum Gasteiger partial charge on any atom is -0.495 e. The number of aromatic nitrogens is 2. The van der Waals surface area contributed by atoms with Gasteiger partial charge in [0.25, 0.3) is 0 Å². The number of carbonyl (C=O) groups is 1. The summed E-state index contributed by atoms with van der Waals surface area (Å²) in [6.07, 6.45) is 6.75. The van der Waals surface area contributed by atoms with Crippen molar-refractivity contribution in [1.82, 2.24) is 20.4 Å². The fraction of sp³-hybridized carbons (Fsp3) is 0.412. The lowest BCUT2D eigenvalue weighted by molar-refractivity contribution is 0.151. The summed E-state index contributed by atoms with van der Waals surface area (Å²) < 4.78 is 5.14. The van der Waals surface area contributed by atoms with E-state index in [1.807, 2.05) is 23.2 Å². The molecule has 0 radical (unpaired) electrons. The number of hydrogen-bond acceptors (Lipinski definition) is 3. The number of ether oxygens (including phenoxy) is 1. The first kappa shape index (κ1) is 16.6. The lowest BCUT2D eigenvalue weighted by Gasteiger charge is -2.35. The number of likely N-dealkylation sites (tertiary alicyclic amines) is 1. The summed E-state index contributed by atoms with van der Waals surface area (Å²) in [7, 11) is 1.58. The zero-order valence-electron chi connectivity index (χ0n) is 13.6. The van der Waals surface area contributed by atoms with Crippen LogP contribution in [-0.2, 0) is 6.54 Å². The molecule has 1 saturated heterocycles. The van der Waals surface area contributed by atoms with Crippen LogP contribution in [0.4, 0.5) is 4.79 Å². The Labute approximate surface area is 146 Å². The van der Waals surface area contributed by atoms with Crippen molar-refractivity contribution >= 4 is 17.6 Å². The van der Waals surface area contributed by atoms with Gasteiger partial charge in [-0.15, -0.1) is 0 Å². The number of hydrogen-bond donors (Lipinski definition) is 2. The molecule has 0 spiro atoms. The van der Waals surface area contributed by atoms with E-state index in [4.69, 9.17) is 16.3 Å². The molecule has 0 saturated carbocycles. The molecule has 0 unspecified atom stereocenters. The Kier molecular flexibility index (Phi) is 5.25. The van der Waals surface area contributed by atoms with Crippen LogP contribution in [0.3, 0.4) is 0 Å². The van der Waals surface area contributed by atoms with Gasteiger partial charge in [0.15, 0.2) is 0 Å². The number of carbonyl (C=O) groups excluding carboxylic acids is 1. The maximum absolute atomic E-state index is 12.6. The molecule has 3 rings (SSSR count). The first-order valence-corrected chi connectivity index (χ1v) is 8.42. The van der Waals surface area contributed by atoms with Gasteiger partial charge in [-0.1, -0.05) is 17.7 Å². The fourth-order valence-corrected chi connectivity index (χ4v) is 3.34. The van der Waals surface area contributed by atoms with Crippen LogP contribution in [-0.4, -0.2) is 34.8 Å². The second-order valence-electron chi connectivity index (χ2n) is 5.86. The number of nitrogens with one attached hydrogen (secondary N) is 2. The number of rotatable bonds is 4. The van der Waals surface area contributed by atoms with E-state index in [0.717, 1.165) is 36.9 Å². The highest BCUT2D eigenvalue weighted by atomic mass is 35.5. The van der Waals surface area contributed by atoms with Gasteiger partial charge in [0.2, 0.25) is 0 Å². The Morgan fingerprint density at radius 3 is 3.08 bits per heavy atom. The largest absolute Gasteiger partial charge is 0.495 e. The van der Waals surface area contributed by atoms with E-state index in [0.29, 0.717) is 17.3 Å². The molecule has 7 heteroatoms. The van der Waals surface area contributed by atoms with Gasteiger partial charge in [-0.05, 0) is 37.0 Å². The van der Waals surface area contributed by atoms with Crippen molar-refractivity contribution < 1.29 is 9.53 Å². The summed E-state index contributed by atoms with van der Waals surface area (Å²) in [4.78, 5) is 14.5. The van der Waals surface area contributed by atoms with Crippen LogP contribution in [0.1, 0.15) is 36.4 Å². The Morgan fingerprint density at radius 1 is 1.50 bits per heavy atom. The van der Waals surface area contributed by atoms with Crippen molar-refractivity contribution in [3.63, 3.8) is 0 Å². The topological polar surface area (TPSA) is 70.2 Å². The monoisotopic (exact) mass is 348 g/mol. The fourth-order valence-electron chi connectivity index (χ4n) is 3.06. The van der Waals surface area contributed by atoms with Crippen LogP contribution in [0.5, 0.6) is 5.75 Å². The predicted octanol–water partition coefficient (Wildman–Crippen LogP) is 3.51. The SMILES string of the molecule is COc1ccc(CNC(=O)N2CCCC[C@H]2c2cn[nH]c2)cc1Cl. The van der Waals surface area contributed by atoms with Gasteiger partial charge in [-0.3, -0.25) is 5.10 Å². The Hall–Kier alpha value is -2.21. The van der Waals surface area contributed by atoms with Crippen molar-refractivity contribution in [2.24, 2.45) is 0 Å². The molecule has 2 heterocycles. The molecule has 0 aliphatic carbocycles. The molecule has 1 fully saturated rings. The second-order valence-corrected chi connectivity index (χ2v) is 6.27. The van der Waals surface area contributed by atoms with Crippen molar-refractivity contribution in [3.05, 3.63) is 46.7 Å². The standard InChI is InChI=1S/C17H21ClN4O2/c1-24-16-6-5-12(8-14(16)18)9-19-17(23)22-7-3-2-4-15(22)13-10-20-21-11-13/h5-6,8,10-11,15H,2-4,7,9H2,1H3,(H,19,23)(H,20,21)/t15-/m0/s1. The zero-order valence-corrected chi connectivity index (χ0v) is 14.3. The first-order valence-electron chi connectivity index (χ1n) is 8.04. The molecule has 6 nitrogen and oxygen atoms in total. The molecule has 2 aromatic rings. The van der Waals surface area contributed by atoms with E-state index in [1.54, 1.807) is 19.4 Å². The van der Waals surface area contributed by atoms with Gasteiger partial charge in [-0.2, -0.15) is 5.10 Å². The third-order valence-corrected chi connectivity index (χ3v) is 4.62. The number of H-pyrrole nitrogens is 1. The van der Waals surface area contributed by atoms with Crippen LogP contribution in [0.25, 0.3) is 0 Å². The Morgan fingerprint density at radius 2 is 2.38 bits per heavy atom. The van der Waals surface area contributed by atoms with Gasteiger partial charge >= 0.3 is 6.03 Å². The van der Waals surface area contributed by atoms with Gasteiger partial charge in [0.05, 0.1) is 24.4 Å². The van der Waals surface area contributed by atoms with Crippen molar-refractivity contribution in [2.75, 3.05) is 13.7 Å². The molecule has 1 atom stereocenters. The quantitative estimate of drug-likeness (QED) is 0.888. The number of benzene rings is 1. The molecule has 1 aromatic carbocycles. The summed E-state index contributed by atoms with van der Waals surface area (Å²) >= 11 is 6.13.